The van der Waals surface area contributed by atoms with Gasteiger partial charge in [0.05, 0.1) is 18.4 Å². The van der Waals surface area contributed by atoms with Crippen LogP contribution >= 0.6 is 0 Å². The fourth-order valence-corrected chi connectivity index (χ4v) is 3.04. The maximum absolute atomic E-state index is 14.0. The Kier molecular flexibility index (Phi) is 6.41. The van der Waals surface area contributed by atoms with Gasteiger partial charge in [0.2, 0.25) is 6.41 Å². The number of amides is 3. The summed E-state index contributed by atoms with van der Waals surface area (Å²) in [4.78, 5) is 28.7. The highest BCUT2D eigenvalue weighted by atomic mass is 19.1. The van der Waals surface area contributed by atoms with E-state index in [-0.39, 0.29) is 12.6 Å². The number of aromatic nitrogens is 1. The van der Waals surface area contributed by atoms with Crippen LogP contribution in [-0.2, 0) is 11.3 Å². The molecule has 28 heavy (non-hydrogen) atoms. The monoisotopic (exact) mass is 386 g/mol. The summed E-state index contributed by atoms with van der Waals surface area (Å²) < 4.78 is 19.8. The molecule has 0 radical (unpaired) electrons. The molecular formula is C20H23FN4O3. The Bertz CT molecular complexity index is 829. The average Bonchev–Trinajstić information content (AvgIpc) is 2.68. The zero-order chi connectivity index (χ0) is 19.9. The van der Waals surface area contributed by atoms with Crippen LogP contribution in [0.1, 0.15) is 24.1 Å². The van der Waals surface area contributed by atoms with Crippen LogP contribution in [0.3, 0.4) is 0 Å². The highest BCUT2D eigenvalue weighted by Gasteiger charge is 2.20. The first-order valence-corrected chi connectivity index (χ1v) is 9.15. The maximum atomic E-state index is 14.0. The van der Waals surface area contributed by atoms with E-state index in [2.05, 4.69) is 15.6 Å². The molecule has 3 rings (SSSR count). The number of urea groups is 1. The lowest BCUT2D eigenvalue weighted by Crippen LogP contribution is -2.40. The largest absolute Gasteiger partial charge is 0.488 e. The lowest BCUT2D eigenvalue weighted by atomic mass is 10.1. The van der Waals surface area contributed by atoms with Crippen LogP contribution < -0.4 is 15.4 Å². The smallest absolute Gasteiger partial charge is 0.319 e. The molecule has 1 aliphatic rings. The second kappa shape index (κ2) is 9.16. The van der Waals surface area contributed by atoms with E-state index in [1.807, 2.05) is 6.92 Å². The molecule has 0 aliphatic carbocycles. The van der Waals surface area contributed by atoms with Crippen molar-refractivity contribution in [2.24, 2.45) is 0 Å². The fraction of sp³-hybridized carbons (Fsp3) is 0.350. The molecule has 2 N–H and O–H groups in total. The topological polar surface area (TPSA) is 83.6 Å². The molecule has 1 atom stereocenters. The minimum absolute atomic E-state index is 0.143. The lowest BCUT2D eigenvalue weighted by Gasteiger charge is -2.30. The van der Waals surface area contributed by atoms with Crippen molar-refractivity contribution in [3.05, 3.63) is 53.6 Å². The normalized spacial score (nSPS) is 16.4. The van der Waals surface area contributed by atoms with Crippen LogP contribution in [0.5, 0.6) is 5.75 Å². The van der Waals surface area contributed by atoms with Gasteiger partial charge in [-0.3, -0.25) is 9.78 Å². The second-order valence-corrected chi connectivity index (χ2v) is 6.77. The van der Waals surface area contributed by atoms with Gasteiger partial charge >= 0.3 is 6.03 Å². The molecule has 2 aromatic rings. The number of nitrogens with one attached hydrogen (secondary N) is 2. The van der Waals surface area contributed by atoms with Gasteiger partial charge in [-0.1, -0.05) is 0 Å². The Morgan fingerprint density at radius 3 is 3.00 bits per heavy atom. The number of halogens is 1. The highest BCUT2D eigenvalue weighted by Crippen LogP contribution is 2.21. The quantitative estimate of drug-likeness (QED) is 0.748. The van der Waals surface area contributed by atoms with Crippen LogP contribution in [0, 0.1) is 12.7 Å². The second-order valence-electron chi connectivity index (χ2n) is 6.77. The first kappa shape index (κ1) is 19.6. The number of aryl methyl sites for hydroxylation is 1. The van der Waals surface area contributed by atoms with Crippen LogP contribution in [0.2, 0.25) is 0 Å². The number of piperidine rings is 1. The first-order valence-electron chi connectivity index (χ1n) is 9.15. The van der Waals surface area contributed by atoms with E-state index in [0.717, 1.165) is 24.9 Å². The van der Waals surface area contributed by atoms with Gasteiger partial charge in [0.15, 0.2) is 0 Å². The van der Waals surface area contributed by atoms with Crippen LogP contribution in [0.4, 0.5) is 14.9 Å². The Hall–Kier alpha value is -3.16. The van der Waals surface area contributed by atoms with Crippen molar-refractivity contribution in [1.82, 2.24) is 15.2 Å². The molecule has 1 saturated heterocycles. The summed E-state index contributed by atoms with van der Waals surface area (Å²) in [6, 6.07) is 7.48. The number of carbonyl (C=O) groups excluding carboxylic acids is 2. The average molecular weight is 386 g/mol. The third kappa shape index (κ3) is 5.67. The van der Waals surface area contributed by atoms with Crippen LogP contribution in [-0.4, -0.2) is 41.5 Å². The fourth-order valence-electron chi connectivity index (χ4n) is 3.04. The van der Waals surface area contributed by atoms with Gasteiger partial charge in [0.25, 0.3) is 0 Å². The Morgan fingerprint density at radius 1 is 1.39 bits per heavy atom. The minimum atomic E-state index is -0.444. The number of hydrogen-bond donors (Lipinski definition) is 2. The number of likely N-dealkylation sites (tertiary alicyclic amines) is 1. The van der Waals surface area contributed by atoms with Crippen LogP contribution in [0.15, 0.2) is 36.5 Å². The number of anilines is 1. The molecule has 8 heteroatoms. The predicted molar refractivity (Wildman–Crippen MR) is 103 cm³/mol. The van der Waals surface area contributed by atoms with Gasteiger partial charge in [0.1, 0.15) is 17.7 Å². The van der Waals surface area contributed by atoms with Crippen molar-refractivity contribution in [3.8, 4) is 5.75 Å². The van der Waals surface area contributed by atoms with E-state index in [9.17, 15) is 14.0 Å². The molecule has 0 unspecified atom stereocenters. The van der Waals surface area contributed by atoms with Gasteiger partial charge in [-0.15, -0.1) is 0 Å². The van der Waals surface area contributed by atoms with E-state index in [4.69, 9.17) is 4.74 Å². The summed E-state index contributed by atoms with van der Waals surface area (Å²) in [7, 11) is 0. The zero-order valence-corrected chi connectivity index (χ0v) is 15.7. The third-order valence-corrected chi connectivity index (χ3v) is 4.41. The number of benzene rings is 1. The highest BCUT2D eigenvalue weighted by molar-refractivity contribution is 5.88. The number of carbonyl (C=O) groups is 2. The summed E-state index contributed by atoms with van der Waals surface area (Å²) in [6.45, 7) is 3.20. The first-order chi connectivity index (χ1) is 13.5. The van der Waals surface area contributed by atoms with Gasteiger partial charge in [0, 0.05) is 24.8 Å². The standard InChI is InChI=1S/C20H23FN4O3/c1-14-4-5-17(11-22-14)24-20(27)23-10-15-7-16(21)9-19(8-15)28-18-3-2-6-25(12-18)13-26/h4-5,7-9,11,13,18H,2-3,6,10,12H2,1H3,(H2,23,24,27)/t18-/m1/s1. The van der Waals surface area contributed by atoms with E-state index in [1.165, 1.54) is 12.1 Å². The van der Waals surface area contributed by atoms with E-state index in [1.54, 1.807) is 29.3 Å². The maximum Gasteiger partial charge on any atom is 0.319 e. The number of ether oxygens (including phenoxy) is 1. The number of hydrogen-bond acceptors (Lipinski definition) is 4. The summed E-state index contributed by atoms with van der Waals surface area (Å²) >= 11 is 0. The predicted octanol–water partition coefficient (Wildman–Crippen LogP) is 2.85. The molecule has 1 aliphatic heterocycles. The van der Waals surface area contributed by atoms with E-state index in [0.29, 0.717) is 30.1 Å². The summed E-state index contributed by atoms with van der Waals surface area (Å²) in [5.74, 6) is -0.0572. The van der Waals surface area contributed by atoms with E-state index >= 15 is 0 Å². The molecule has 0 saturated carbocycles. The number of rotatable bonds is 6. The number of pyridine rings is 1. The molecular weight excluding hydrogens is 363 g/mol. The van der Waals surface area contributed by atoms with Crippen molar-refractivity contribution in [3.63, 3.8) is 0 Å². The third-order valence-electron chi connectivity index (χ3n) is 4.41. The van der Waals surface area contributed by atoms with Gasteiger partial charge in [-0.05, 0) is 49.6 Å². The Labute approximate surface area is 162 Å². The van der Waals surface area contributed by atoms with Crippen molar-refractivity contribution < 1.29 is 18.7 Å². The van der Waals surface area contributed by atoms with Crippen molar-refractivity contribution >= 4 is 18.1 Å². The summed E-state index contributed by atoms with van der Waals surface area (Å²) in [5.41, 5.74) is 2.01. The summed E-state index contributed by atoms with van der Waals surface area (Å²) in [5, 5.41) is 5.35. The van der Waals surface area contributed by atoms with Crippen molar-refractivity contribution in [2.45, 2.75) is 32.4 Å². The number of nitrogens with zero attached hydrogens (tertiary/aromatic N) is 2. The van der Waals surface area contributed by atoms with Crippen LogP contribution in [0.25, 0.3) is 0 Å². The molecule has 148 valence electrons. The Morgan fingerprint density at radius 2 is 2.25 bits per heavy atom. The SMILES string of the molecule is Cc1ccc(NC(=O)NCc2cc(F)cc(O[C@@H]3CCCN(C=O)C3)c2)cn1. The lowest BCUT2D eigenvalue weighted by molar-refractivity contribution is -0.120. The van der Waals surface area contributed by atoms with Crippen molar-refractivity contribution in [2.75, 3.05) is 18.4 Å². The van der Waals surface area contributed by atoms with E-state index < -0.39 is 11.8 Å². The minimum Gasteiger partial charge on any atom is -0.488 e. The van der Waals surface area contributed by atoms with Gasteiger partial charge in [-0.25, -0.2) is 9.18 Å². The summed E-state index contributed by atoms with van der Waals surface area (Å²) in [6.07, 6.45) is 3.86. The molecule has 1 aromatic carbocycles. The molecule has 2 heterocycles. The molecule has 1 aromatic heterocycles. The molecule has 1 fully saturated rings. The molecule has 0 spiro atoms. The Balaban J connectivity index is 1.56. The van der Waals surface area contributed by atoms with Gasteiger partial charge < -0.3 is 20.3 Å². The molecule has 3 amide bonds. The molecule has 7 nitrogen and oxygen atoms in total. The zero-order valence-electron chi connectivity index (χ0n) is 15.7. The molecule has 0 bridgehead atoms. The van der Waals surface area contributed by atoms with Crippen molar-refractivity contribution in [1.29, 1.82) is 0 Å². The van der Waals surface area contributed by atoms with Gasteiger partial charge in [-0.2, -0.15) is 0 Å².